The Hall–Kier alpha value is -1.02. The van der Waals surface area contributed by atoms with Crippen molar-refractivity contribution in [3.8, 4) is 5.75 Å². The predicted molar refractivity (Wildman–Crippen MR) is 80.5 cm³/mol. The highest BCUT2D eigenvalue weighted by molar-refractivity contribution is 5.48. The van der Waals surface area contributed by atoms with Gasteiger partial charge in [0.05, 0.1) is 7.11 Å². The zero-order valence-electron chi connectivity index (χ0n) is 12.9. The smallest absolute Gasteiger partial charge is 0.124 e. The van der Waals surface area contributed by atoms with Crippen molar-refractivity contribution >= 4 is 0 Å². The van der Waals surface area contributed by atoms with Crippen molar-refractivity contribution in [2.24, 2.45) is 17.6 Å². The van der Waals surface area contributed by atoms with Gasteiger partial charge in [0.1, 0.15) is 5.75 Å². The minimum absolute atomic E-state index is 0.240. The van der Waals surface area contributed by atoms with Crippen LogP contribution in [0.5, 0.6) is 5.75 Å². The number of hydrogen-bond donors (Lipinski definition) is 1. The van der Waals surface area contributed by atoms with E-state index in [1.807, 2.05) is 0 Å². The van der Waals surface area contributed by atoms with E-state index in [0.29, 0.717) is 5.92 Å². The Morgan fingerprint density at radius 3 is 2.53 bits per heavy atom. The minimum Gasteiger partial charge on any atom is -0.496 e. The molecular weight excluding hydrogens is 234 g/mol. The maximum Gasteiger partial charge on any atom is 0.124 e. The standard InChI is InChI=1S/C17H27NO/c1-11-6-7-17(18,14(4)9-11)16-13(3)8-12(2)10-15(16)19-5/h8,10-11,14H,6-7,9,18H2,1-5H3. The number of ether oxygens (including phenoxy) is 1. The molecular formula is C17H27NO. The first kappa shape index (κ1) is 14.4. The van der Waals surface area contributed by atoms with Gasteiger partial charge in [-0.1, -0.05) is 19.9 Å². The molecule has 1 aromatic carbocycles. The lowest BCUT2D eigenvalue weighted by molar-refractivity contribution is 0.160. The van der Waals surface area contributed by atoms with Gasteiger partial charge >= 0.3 is 0 Å². The number of nitrogens with two attached hydrogens (primary N) is 1. The first-order chi connectivity index (χ1) is 8.88. The summed E-state index contributed by atoms with van der Waals surface area (Å²) in [5.74, 6) is 2.23. The predicted octanol–water partition coefficient (Wildman–Crippen LogP) is 3.92. The second-order valence-electron chi connectivity index (χ2n) is 6.48. The molecule has 2 heteroatoms. The van der Waals surface area contributed by atoms with Crippen molar-refractivity contribution in [1.29, 1.82) is 0 Å². The van der Waals surface area contributed by atoms with E-state index < -0.39 is 0 Å². The summed E-state index contributed by atoms with van der Waals surface area (Å²) in [6, 6.07) is 4.33. The highest BCUT2D eigenvalue weighted by Gasteiger charge is 2.41. The molecule has 2 N–H and O–H groups in total. The minimum atomic E-state index is -0.240. The van der Waals surface area contributed by atoms with Crippen LogP contribution in [-0.2, 0) is 5.54 Å². The lowest BCUT2D eigenvalue weighted by Crippen LogP contribution is -2.47. The van der Waals surface area contributed by atoms with Crippen LogP contribution in [0.4, 0.5) is 0 Å². The van der Waals surface area contributed by atoms with E-state index in [-0.39, 0.29) is 5.54 Å². The summed E-state index contributed by atoms with van der Waals surface area (Å²) in [6.45, 7) is 8.88. The molecule has 106 valence electrons. The van der Waals surface area contributed by atoms with Crippen LogP contribution < -0.4 is 10.5 Å². The highest BCUT2D eigenvalue weighted by Crippen LogP contribution is 2.46. The normalized spacial score (nSPS) is 31.3. The molecule has 0 amide bonds. The first-order valence-corrected chi connectivity index (χ1v) is 7.33. The van der Waals surface area contributed by atoms with Crippen LogP contribution >= 0.6 is 0 Å². The number of aryl methyl sites for hydroxylation is 2. The topological polar surface area (TPSA) is 35.2 Å². The number of hydrogen-bond acceptors (Lipinski definition) is 2. The molecule has 0 spiro atoms. The van der Waals surface area contributed by atoms with Gasteiger partial charge in [0.25, 0.3) is 0 Å². The van der Waals surface area contributed by atoms with Crippen molar-refractivity contribution in [2.45, 2.75) is 52.5 Å². The molecule has 0 bridgehead atoms. The molecule has 0 heterocycles. The Bertz CT molecular complexity index is 469. The largest absolute Gasteiger partial charge is 0.496 e. The Labute approximate surface area is 117 Å². The van der Waals surface area contributed by atoms with Gasteiger partial charge in [-0.3, -0.25) is 0 Å². The molecule has 2 nitrogen and oxygen atoms in total. The summed E-state index contributed by atoms with van der Waals surface area (Å²) in [7, 11) is 1.75. The van der Waals surface area contributed by atoms with Gasteiger partial charge in [-0.05, 0) is 62.1 Å². The third-order valence-corrected chi connectivity index (χ3v) is 4.82. The zero-order chi connectivity index (χ0) is 14.2. The molecule has 1 saturated carbocycles. The van der Waals surface area contributed by atoms with Gasteiger partial charge in [-0.2, -0.15) is 0 Å². The van der Waals surface area contributed by atoms with E-state index in [1.54, 1.807) is 7.11 Å². The van der Waals surface area contributed by atoms with E-state index >= 15 is 0 Å². The van der Waals surface area contributed by atoms with Crippen LogP contribution in [0.2, 0.25) is 0 Å². The molecule has 3 atom stereocenters. The van der Waals surface area contributed by atoms with Crippen molar-refractivity contribution in [3.63, 3.8) is 0 Å². The Kier molecular flexibility index (Phi) is 3.91. The SMILES string of the molecule is COc1cc(C)cc(C)c1C1(N)CCC(C)CC1C. The van der Waals surface area contributed by atoms with Gasteiger partial charge in [0.2, 0.25) is 0 Å². The maximum absolute atomic E-state index is 6.83. The Morgan fingerprint density at radius 2 is 1.95 bits per heavy atom. The molecule has 19 heavy (non-hydrogen) atoms. The average Bonchev–Trinajstić information content (AvgIpc) is 2.33. The molecule has 2 rings (SSSR count). The fraction of sp³-hybridized carbons (Fsp3) is 0.647. The molecule has 1 aliphatic carbocycles. The number of rotatable bonds is 2. The quantitative estimate of drug-likeness (QED) is 0.875. The second kappa shape index (κ2) is 5.16. The van der Waals surface area contributed by atoms with Crippen LogP contribution in [0.1, 0.15) is 49.8 Å². The Balaban J connectivity index is 2.51. The van der Waals surface area contributed by atoms with Gasteiger partial charge in [-0.25, -0.2) is 0 Å². The molecule has 0 radical (unpaired) electrons. The van der Waals surface area contributed by atoms with E-state index in [1.165, 1.54) is 29.5 Å². The molecule has 0 aliphatic heterocycles. The van der Waals surface area contributed by atoms with Gasteiger partial charge in [-0.15, -0.1) is 0 Å². The van der Waals surface area contributed by atoms with Crippen LogP contribution in [0.15, 0.2) is 12.1 Å². The van der Waals surface area contributed by atoms with Crippen LogP contribution in [0.25, 0.3) is 0 Å². The van der Waals surface area contributed by atoms with Crippen molar-refractivity contribution in [3.05, 3.63) is 28.8 Å². The molecule has 3 unspecified atom stereocenters. The van der Waals surface area contributed by atoms with E-state index in [0.717, 1.165) is 18.1 Å². The maximum atomic E-state index is 6.83. The monoisotopic (exact) mass is 261 g/mol. The number of methoxy groups -OCH3 is 1. The summed E-state index contributed by atoms with van der Waals surface area (Å²) < 4.78 is 5.62. The van der Waals surface area contributed by atoms with Crippen molar-refractivity contribution < 1.29 is 4.74 Å². The molecule has 1 aliphatic rings. The summed E-state index contributed by atoms with van der Waals surface area (Å²) in [6.07, 6.45) is 3.46. The summed E-state index contributed by atoms with van der Waals surface area (Å²) in [5, 5.41) is 0. The molecule has 1 fully saturated rings. The third kappa shape index (κ3) is 2.51. The first-order valence-electron chi connectivity index (χ1n) is 7.33. The van der Waals surface area contributed by atoms with Gasteiger partial charge < -0.3 is 10.5 Å². The zero-order valence-corrected chi connectivity index (χ0v) is 12.9. The van der Waals surface area contributed by atoms with E-state index in [9.17, 15) is 0 Å². The van der Waals surface area contributed by atoms with Gasteiger partial charge in [0.15, 0.2) is 0 Å². The van der Waals surface area contributed by atoms with Crippen molar-refractivity contribution in [2.75, 3.05) is 7.11 Å². The second-order valence-corrected chi connectivity index (χ2v) is 6.48. The lowest BCUT2D eigenvalue weighted by atomic mass is 9.66. The summed E-state index contributed by atoms with van der Waals surface area (Å²) in [5.41, 5.74) is 10.3. The van der Waals surface area contributed by atoms with Crippen LogP contribution in [0, 0.1) is 25.7 Å². The lowest BCUT2D eigenvalue weighted by Gasteiger charge is -2.43. The van der Waals surface area contributed by atoms with E-state index in [4.69, 9.17) is 10.5 Å². The molecule has 1 aromatic rings. The van der Waals surface area contributed by atoms with E-state index in [2.05, 4.69) is 39.8 Å². The fourth-order valence-corrected chi connectivity index (χ4v) is 3.72. The highest BCUT2D eigenvalue weighted by atomic mass is 16.5. The number of benzene rings is 1. The molecule has 0 saturated heterocycles. The van der Waals surface area contributed by atoms with Gasteiger partial charge in [0, 0.05) is 11.1 Å². The summed E-state index contributed by atoms with van der Waals surface area (Å²) in [4.78, 5) is 0. The Morgan fingerprint density at radius 1 is 1.26 bits per heavy atom. The van der Waals surface area contributed by atoms with Crippen molar-refractivity contribution in [1.82, 2.24) is 0 Å². The fourth-order valence-electron chi connectivity index (χ4n) is 3.72. The van der Waals surface area contributed by atoms with Crippen LogP contribution in [0.3, 0.4) is 0 Å². The third-order valence-electron chi connectivity index (χ3n) is 4.82. The van der Waals surface area contributed by atoms with Crippen LogP contribution in [-0.4, -0.2) is 7.11 Å². The average molecular weight is 261 g/mol. The molecule has 0 aromatic heterocycles. The summed E-state index contributed by atoms with van der Waals surface area (Å²) >= 11 is 0.